The lowest BCUT2D eigenvalue weighted by Gasteiger charge is -2.12. The molecule has 0 fully saturated rings. The molecular weight excluding hydrogens is 383 g/mol. The number of nitriles is 1. The molecule has 1 amide bonds. The molecule has 1 heterocycles. The molecule has 3 rings (SSSR count). The van der Waals surface area contributed by atoms with Crippen molar-refractivity contribution in [1.29, 1.82) is 5.26 Å². The van der Waals surface area contributed by atoms with Crippen LogP contribution in [0.3, 0.4) is 0 Å². The number of carbonyl (C=O) groups excluding carboxylic acids is 1. The smallest absolute Gasteiger partial charge is 0.230 e. The Kier molecular flexibility index (Phi) is 7.06. The maximum atomic E-state index is 13.3. The second-order valence-corrected chi connectivity index (χ2v) is 6.75. The van der Waals surface area contributed by atoms with Gasteiger partial charge in [-0.3, -0.25) is 9.78 Å². The van der Waals surface area contributed by atoms with Crippen molar-refractivity contribution in [3.63, 3.8) is 0 Å². The molecule has 30 heavy (non-hydrogen) atoms. The highest BCUT2D eigenvalue weighted by Gasteiger charge is 2.11. The standard InChI is InChI=1S/C23H21FN4O2/c1-30-22-11-17(5-2-4-16-6-3-7-18(24)10-16)8-9-21(22)28-23(29)12-19-14-27-20(13-25)15-26-19/h3,6-11,14-15H,2,4-5,12H2,1H3,(H,28,29). The number of aromatic nitrogens is 2. The van der Waals surface area contributed by atoms with Gasteiger partial charge < -0.3 is 10.1 Å². The van der Waals surface area contributed by atoms with Crippen molar-refractivity contribution in [1.82, 2.24) is 9.97 Å². The summed E-state index contributed by atoms with van der Waals surface area (Å²) >= 11 is 0. The van der Waals surface area contributed by atoms with E-state index in [1.165, 1.54) is 18.5 Å². The van der Waals surface area contributed by atoms with Gasteiger partial charge in [0.2, 0.25) is 5.91 Å². The van der Waals surface area contributed by atoms with Crippen LogP contribution in [-0.4, -0.2) is 23.0 Å². The molecule has 0 unspecified atom stereocenters. The number of amides is 1. The van der Waals surface area contributed by atoms with E-state index in [9.17, 15) is 9.18 Å². The first-order valence-corrected chi connectivity index (χ1v) is 9.49. The molecule has 2 aromatic carbocycles. The molecule has 1 N–H and O–H groups in total. The molecule has 0 aliphatic heterocycles. The summed E-state index contributed by atoms with van der Waals surface area (Å²) in [4.78, 5) is 20.3. The largest absolute Gasteiger partial charge is 0.495 e. The van der Waals surface area contributed by atoms with Gasteiger partial charge in [0.25, 0.3) is 0 Å². The number of anilines is 1. The van der Waals surface area contributed by atoms with Crippen LogP contribution in [0, 0.1) is 17.1 Å². The monoisotopic (exact) mass is 404 g/mol. The fourth-order valence-electron chi connectivity index (χ4n) is 3.05. The van der Waals surface area contributed by atoms with Crippen molar-refractivity contribution in [2.24, 2.45) is 0 Å². The zero-order chi connectivity index (χ0) is 21.3. The van der Waals surface area contributed by atoms with Crippen LogP contribution in [0.1, 0.15) is 28.9 Å². The highest BCUT2D eigenvalue weighted by Crippen LogP contribution is 2.26. The third kappa shape index (κ3) is 5.85. The van der Waals surface area contributed by atoms with Gasteiger partial charge in [0, 0.05) is 0 Å². The molecule has 0 radical (unpaired) electrons. The second-order valence-electron chi connectivity index (χ2n) is 6.75. The topological polar surface area (TPSA) is 87.9 Å². The van der Waals surface area contributed by atoms with E-state index >= 15 is 0 Å². The lowest BCUT2D eigenvalue weighted by molar-refractivity contribution is -0.115. The SMILES string of the molecule is COc1cc(CCCc2cccc(F)c2)ccc1NC(=O)Cc1cnc(C#N)cn1. The normalized spacial score (nSPS) is 10.3. The minimum absolute atomic E-state index is 0.0389. The van der Waals surface area contributed by atoms with E-state index in [-0.39, 0.29) is 23.8 Å². The van der Waals surface area contributed by atoms with Gasteiger partial charge in [-0.2, -0.15) is 5.26 Å². The Hall–Kier alpha value is -3.79. The van der Waals surface area contributed by atoms with Crippen molar-refractivity contribution >= 4 is 11.6 Å². The highest BCUT2D eigenvalue weighted by molar-refractivity contribution is 5.93. The van der Waals surface area contributed by atoms with Gasteiger partial charge in [-0.1, -0.05) is 18.2 Å². The summed E-state index contributed by atoms with van der Waals surface area (Å²) in [5.74, 6) is 0.0879. The molecule has 0 spiro atoms. The van der Waals surface area contributed by atoms with E-state index in [1.807, 2.05) is 24.3 Å². The van der Waals surface area contributed by atoms with Crippen LogP contribution < -0.4 is 10.1 Å². The number of hydrogen-bond acceptors (Lipinski definition) is 5. The number of nitrogens with one attached hydrogen (secondary N) is 1. The summed E-state index contributed by atoms with van der Waals surface area (Å²) in [6.07, 6.45) is 5.25. The summed E-state index contributed by atoms with van der Waals surface area (Å²) in [6.45, 7) is 0. The van der Waals surface area contributed by atoms with Crippen LogP contribution in [0.25, 0.3) is 0 Å². The van der Waals surface area contributed by atoms with Crippen molar-refractivity contribution in [2.75, 3.05) is 12.4 Å². The zero-order valence-corrected chi connectivity index (χ0v) is 16.6. The highest BCUT2D eigenvalue weighted by atomic mass is 19.1. The first-order chi connectivity index (χ1) is 14.6. The van der Waals surface area contributed by atoms with Gasteiger partial charge >= 0.3 is 0 Å². The third-order valence-electron chi connectivity index (χ3n) is 4.52. The fourth-order valence-corrected chi connectivity index (χ4v) is 3.05. The molecule has 0 saturated heterocycles. The number of carbonyl (C=O) groups is 1. The van der Waals surface area contributed by atoms with Gasteiger partial charge in [0.15, 0.2) is 5.69 Å². The summed E-state index contributed by atoms with van der Waals surface area (Å²) in [7, 11) is 1.55. The first kappa shape index (κ1) is 20.9. The number of methoxy groups -OCH3 is 1. The van der Waals surface area contributed by atoms with E-state index in [0.717, 1.165) is 30.4 Å². The number of benzene rings is 2. The minimum Gasteiger partial charge on any atom is -0.495 e. The number of halogens is 1. The molecule has 0 atom stereocenters. The number of nitrogens with zero attached hydrogens (tertiary/aromatic N) is 3. The van der Waals surface area contributed by atoms with Gasteiger partial charge in [-0.05, 0) is 54.7 Å². The second kappa shape index (κ2) is 10.1. The van der Waals surface area contributed by atoms with Crippen molar-refractivity contribution in [3.05, 3.63) is 83.2 Å². The average molecular weight is 404 g/mol. The van der Waals surface area contributed by atoms with E-state index in [0.29, 0.717) is 17.1 Å². The molecule has 3 aromatic rings. The van der Waals surface area contributed by atoms with Crippen LogP contribution in [-0.2, 0) is 24.1 Å². The maximum Gasteiger partial charge on any atom is 0.230 e. The van der Waals surface area contributed by atoms with Crippen molar-refractivity contribution < 1.29 is 13.9 Å². The Morgan fingerprint density at radius 1 is 1.13 bits per heavy atom. The van der Waals surface area contributed by atoms with Crippen LogP contribution in [0.4, 0.5) is 10.1 Å². The summed E-state index contributed by atoms with van der Waals surface area (Å²) in [5, 5.41) is 11.6. The minimum atomic E-state index is -0.258. The Morgan fingerprint density at radius 3 is 2.60 bits per heavy atom. The Morgan fingerprint density at radius 2 is 1.93 bits per heavy atom. The summed E-state index contributed by atoms with van der Waals surface area (Å²) in [6, 6.07) is 14.1. The predicted octanol–water partition coefficient (Wildman–Crippen LogP) is 3.85. The first-order valence-electron chi connectivity index (χ1n) is 9.49. The molecular formula is C23H21FN4O2. The molecule has 0 saturated carbocycles. The Bertz CT molecular complexity index is 1060. The van der Waals surface area contributed by atoms with Crippen molar-refractivity contribution in [2.45, 2.75) is 25.7 Å². The fraction of sp³-hybridized carbons (Fsp3) is 0.217. The molecule has 0 bridgehead atoms. The molecule has 152 valence electrons. The third-order valence-corrected chi connectivity index (χ3v) is 4.52. The van der Waals surface area contributed by atoms with Crippen LogP contribution >= 0.6 is 0 Å². The number of ether oxygens (including phenoxy) is 1. The maximum absolute atomic E-state index is 13.3. The molecule has 0 aliphatic rings. The quantitative estimate of drug-likeness (QED) is 0.616. The Balaban J connectivity index is 1.57. The van der Waals surface area contributed by atoms with Gasteiger partial charge in [-0.15, -0.1) is 0 Å². The summed E-state index contributed by atoms with van der Waals surface area (Å²) < 4.78 is 18.7. The van der Waals surface area contributed by atoms with E-state index < -0.39 is 0 Å². The number of aryl methyl sites for hydroxylation is 2. The van der Waals surface area contributed by atoms with Gasteiger partial charge in [-0.25, -0.2) is 9.37 Å². The molecule has 6 nitrogen and oxygen atoms in total. The zero-order valence-electron chi connectivity index (χ0n) is 16.6. The molecule has 1 aromatic heterocycles. The van der Waals surface area contributed by atoms with E-state index in [4.69, 9.17) is 10.00 Å². The lowest BCUT2D eigenvalue weighted by atomic mass is 10.0. The van der Waals surface area contributed by atoms with Crippen LogP contribution in [0.5, 0.6) is 5.75 Å². The van der Waals surface area contributed by atoms with E-state index in [1.54, 1.807) is 25.3 Å². The molecule has 7 heteroatoms. The lowest BCUT2D eigenvalue weighted by Crippen LogP contribution is -2.16. The number of hydrogen-bond donors (Lipinski definition) is 1. The number of rotatable bonds is 8. The van der Waals surface area contributed by atoms with Crippen LogP contribution in [0.2, 0.25) is 0 Å². The predicted molar refractivity (Wildman–Crippen MR) is 110 cm³/mol. The van der Waals surface area contributed by atoms with Crippen molar-refractivity contribution in [3.8, 4) is 11.8 Å². The Labute approximate surface area is 174 Å². The van der Waals surface area contributed by atoms with Gasteiger partial charge in [0.05, 0.1) is 37.3 Å². The van der Waals surface area contributed by atoms with Gasteiger partial charge in [0.1, 0.15) is 17.6 Å². The molecule has 0 aliphatic carbocycles. The van der Waals surface area contributed by atoms with Crippen LogP contribution in [0.15, 0.2) is 54.9 Å². The van der Waals surface area contributed by atoms with E-state index in [2.05, 4.69) is 15.3 Å². The average Bonchev–Trinajstić information content (AvgIpc) is 2.75. The summed E-state index contributed by atoms with van der Waals surface area (Å²) in [5.41, 5.74) is 3.28.